The normalized spacial score (nSPS) is 15.1. The highest BCUT2D eigenvalue weighted by molar-refractivity contribution is 6.11. The summed E-state index contributed by atoms with van der Waals surface area (Å²) in [5.74, 6) is -0.639. The van der Waals surface area contributed by atoms with Gasteiger partial charge >= 0.3 is 0 Å². The Bertz CT molecular complexity index is 1470. The molecule has 1 unspecified atom stereocenters. The number of fused-ring (bicyclic) bond motifs is 2. The maximum absolute atomic E-state index is 13.9. The van der Waals surface area contributed by atoms with Crippen LogP contribution in [0.1, 0.15) is 45.0 Å². The number of carbonyl (C=O) groups is 2. The first-order chi connectivity index (χ1) is 15.9. The van der Waals surface area contributed by atoms with E-state index in [0.717, 1.165) is 6.07 Å². The number of amides is 1. The van der Waals surface area contributed by atoms with E-state index in [1.807, 2.05) is 0 Å². The molecule has 1 atom stereocenters. The first-order valence-electron chi connectivity index (χ1n) is 10.2. The molecule has 0 saturated heterocycles. The standard InChI is InChI=1S/C26H18FNO5/c1-14(29)15-3-8-18(9-4-15)28-23(16-5-10-19(32-2)11-6-16)22-24(30)20-13-17(27)7-12-21(20)33-25(22)26(28)31/h3-13,23H,1-2H3. The molecule has 1 aliphatic rings. The summed E-state index contributed by atoms with van der Waals surface area (Å²) in [4.78, 5) is 40.1. The van der Waals surface area contributed by atoms with Crippen LogP contribution in [0, 0.1) is 5.82 Å². The highest BCUT2D eigenvalue weighted by Gasteiger charge is 2.43. The van der Waals surface area contributed by atoms with Gasteiger partial charge in [0.2, 0.25) is 5.76 Å². The van der Waals surface area contributed by atoms with E-state index in [1.165, 1.54) is 24.0 Å². The van der Waals surface area contributed by atoms with Crippen LogP contribution in [0.4, 0.5) is 10.1 Å². The van der Waals surface area contributed by atoms with Crippen LogP contribution in [-0.4, -0.2) is 18.8 Å². The van der Waals surface area contributed by atoms with Gasteiger partial charge in [0.05, 0.1) is 24.1 Å². The lowest BCUT2D eigenvalue weighted by Crippen LogP contribution is -2.29. The topological polar surface area (TPSA) is 76.8 Å². The lowest BCUT2D eigenvalue weighted by molar-refractivity contribution is 0.0970. The first-order valence-corrected chi connectivity index (χ1v) is 10.2. The molecule has 1 aromatic heterocycles. The Morgan fingerprint density at radius 2 is 1.70 bits per heavy atom. The molecule has 4 aromatic rings. The summed E-state index contributed by atoms with van der Waals surface area (Å²) in [6.45, 7) is 1.46. The maximum atomic E-state index is 13.9. The van der Waals surface area contributed by atoms with E-state index in [9.17, 15) is 18.8 Å². The number of halogens is 1. The third-order valence-corrected chi connectivity index (χ3v) is 5.82. The molecule has 33 heavy (non-hydrogen) atoms. The Balaban J connectivity index is 1.76. The molecule has 0 fully saturated rings. The van der Waals surface area contributed by atoms with Gasteiger partial charge in [0.25, 0.3) is 5.91 Å². The van der Waals surface area contributed by atoms with Crippen molar-refractivity contribution in [3.63, 3.8) is 0 Å². The molecule has 5 rings (SSSR count). The second kappa shape index (κ2) is 7.70. The van der Waals surface area contributed by atoms with Gasteiger partial charge in [-0.3, -0.25) is 19.3 Å². The summed E-state index contributed by atoms with van der Waals surface area (Å²) >= 11 is 0. The number of hydrogen-bond acceptors (Lipinski definition) is 5. The van der Waals surface area contributed by atoms with Crippen LogP contribution in [-0.2, 0) is 0 Å². The second-order valence-electron chi connectivity index (χ2n) is 7.77. The van der Waals surface area contributed by atoms with Crippen molar-refractivity contribution in [3.05, 3.63) is 105 Å². The lowest BCUT2D eigenvalue weighted by atomic mass is 9.98. The van der Waals surface area contributed by atoms with Crippen molar-refractivity contribution in [2.24, 2.45) is 0 Å². The zero-order chi connectivity index (χ0) is 23.3. The molecule has 3 aromatic carbocycles. The minimum atomic E-state index is -0.800. The number of hydrogen-bond donors (Lipinski definition) is 0. The zero-order valence-electron chi connectivity index (χ0n) is 17.8. The van der Waals surface area contributed by atoms with Gasteiger partial charge in [0.15, 0.2) is 11.2 Å². The van der Waals surface area contributed by atoms with Crippen molar-refractivity contribution < 1.29 is 23.1 Å². The summed E-state index contributed by atoms with van der Waals surface area (Å²) in [7, 11) is 1.54. The summed E-state index contributed by atoms with van der Waals surface area (Å²) < 4.78 is 24.9. The maximum Gasteiger partial charge on any atom is 0.295 e. The number of methoxy groups -OCH3 is 1. The molecule has 0 bridgehead atoms. The zero-order valence-corrected chi connectivity index (χ0v) is 17.8. The number of Topliss-reactive ketones (excluding diaryl/α,β-unsaturated/α-hetero) is 1. The van der Waals surface area contributed by atoms with E-state index >= 15 is 0 Å². The predicted octanol–water partition coefficient (Wildman–Crippen LogP) is 4.89. The quantitative estimate of drug-likeness (QED) is 0.420. The SMILES string of the molecule is COc1ccc(C2c3c(oc4ccc(F)cc4c3=O)C(=O)N2c2ccc(C(C)=O)cc2)cc1. The van der Waals surface area contributed by atoms with Crippen LogP contribution < -0.4 is 15.1 Å². The Labute approximate surface area is 187 Å². The van der Waals surface area contributed by atoms with E-state index in [0.29, 0.717) is 22.6 Å². The van der Waals surface area contributed by atoms with Gasteiger partial charge in [-0.2, -0.15) is 0 Å². The number of benzene rings is 3. The Hall–Kier alpha value is -4.26. The molecule has 1 aliphatic heterocycles. The van der Waals surface area contributed by atoms with E-state index in [1.54, 1.807) is 55.6 Å². The fourth-order valence-corrected chi connectivity index (χ4v) is 4.17. The van der Waals surface area contributed by atoms with Crippen LogP contribution in [0.2, 0.25) is 0 Å². The van der Waals surface area contributed by atoms with E-state index in [2.05, 4.69) is 0 Å². The van der Waals surface area contributed by atoms with Crippen LogP contribution in [0.15, 0.2) is 75.9 Å². The number of ketones is 1. The van der Waals surface area contributed by atoms with Crippen molar-refractivity contribution in [1.82, 2.24) is 0 Å². The van der Waals surface area contributed by atoms with Crippen molar-refractivity contribution >= 4 is 28.3 Å². The minimum Gasteiger partial charge on any atom is -0.497 e. The summed E-state index contributed by atoms with van der Waals surface area (Å²) in [6, 6.07) is 16.4. The van der Waals surface area contributed by atoms with E-state index in [-0.39, 0.29) is 28.1 Å². The number of ether oxygens (including phenoxy) is 1. The monoisotopic (exact) mass is 443 g/mol. The average molecular weight is 443 g/mol. The molecule has 1 amide bonds. The summed E-state index contributed by atoms with van der Waals surface area (Å²) in [5, 5.41) is 0.0637. The van der Waals surface area contributed by atoms with Gasteiger partial charge in [0, 0.05) is 11.3 Å². The molecule has 6 nitrogen and oxygen atoms in total. The van der Waals surface area contributed by atoms with E-state index in [4.69, 9.17) is 9.15 Å². The number of carbonyl (C=O) groups excluding carboxylic acids is 2. The number of rotatable bonds is 4. The third kappa shape index (κ3) is 3.29. The average Bonchev–Trinajstić information content (AvgIpc) is 3.12. The van der Waals surface area contributed by atoms with Gasteiger partial charge in [-0.25, -0.2) is 4.39 Å². The highest BCUT2D eigenvalue weighted by atomic mass is 19.1. The summed E-state index contributed by atoms with van der Waals surface area (Å²) in [5.41, 5.74) is 1.45. The smallest absolute Gasteiger partial charge is 0.295 e. The Morgan fingerprint density at radius 3 is 2.33 bits per heavy atom. The lowest BCUT2D eigenvalue weighted by Gasteiger charge is -2.25. The van der Waals surface area contributed by atoms with Crippen LogP contribution >= 0.6 is 0 Å². The van der Waals surface area contributed by atoms with Gasteiger partial charge in [-0.1, -0.05) is 12.1 Å². The minimum absolute atomic E-state index is 0.0637. The third-order valence-electron chi connectivity index (χ3n) is 5.82. The molecule has 0 spiro atoms. The van der Waals surface area contributed by atoms with Gasteiger partial charge in [0.1, 0.15) is 17.1 Å². The van der Waals surface area contributed by atoms with Gasteiger partial charge in [-0.15, -0.1) is 0 Å². The van der Waals surface area contributed by atoms with Crippen LogP contribution in [0.25, 0.3) is 11.0 Å². The molecule has 0 saturated carbocycles. The molecule has 0 N–H and O–H groups in total. The predicted molar refractivity (Wildman–Crippen MR) is 121 cm³/mol. The molecule has 0 aliphatic carbocycles. The molecule has 0 radical (unpaired) electrons. The first kappa shape index (κ1) is 20.6. The van der Waals surface area contributed by atoms with Gasteiger partial charge in [-0.05, 0) is 67.1 Å². The molecule has 164 valence electrons. The number of nitrogens with zero attached hydrogens (tertiary/aromatic N) is 1. The molecular weight excluding hydrogens is 425 g/mol. The van der Waals surface area contributed by atoms with Gasteiger partial charge < -0.3 is 9.15 Å². The van der Waals surface area contributed by atoms with Crippen molar-refractivity contribution in [2.45, 2.75) is 13.0 Å². The van der Waals surface area contributed by atoms with Crippen molar-refractivity contribution in [2.75, 3.05) is 12.0 Å². The molecule has 2 heterocycles. The Kier molecular flexibility index (Phi) is 4.82. The summed E-state index contributed by atoms with van der Waals surface area (Å²) in [6.07, 6.45) is 0. The molecule has 7 heteroatoms. The fourth-order valence-electron chi connectivity index (χ4n) is 4.17. The Morgan fingerprint density at radius 1 is 1.00 bits per heavy atom. The second-order valence-corrected chi connectivity index (χ2v) is 7.77. The largest absolute Gasteiger partial charge is 0.497 e. The fraction of sp³-hybridized carbons (Fsp3) is 0.115. The highest BCUT2D eigenvalue weighted by Crippen LogP contribution is 2.41. The molecular formula is C26H18FNO5. The van der Waals surface area contributed by atoms with Crippen molar-refractivity contribution in [1.29, 1.82) is 0 Å². The van der Waals surface area contributed by atoms with Crippen LogP contribution in [0.5, 0.6) is 5.75 Å². The number of anilines is 1. The van der Waals surface area contributed by atoms with Crippen molar-refractivity contribution in [3.8, 4) is 5.75 Å². The van der Waals surface area contributed by atoms with Crippen LogP contribution in [0.3, 0.4) is 0 Å². The van der Waals surface area contributed by atoms with E-state index < -0.39 is 23.2 Å².